The molecule has 0 bridgehead atoms. The molecule has 0 saturated carbocycles. The fourth-order valence-corrected chi connectivity index (χ4v) is 1.40. The SMILES string of the molecule is CC(Oc1ccc(-c2cnc(Cl)cn2)cn1)C(F)F. The Labute approximate surface area is 113 Å². The van der Waals surface area contributed by atoms with Gasteiger partial charge in [-0.2, -0.15) is 0 Å². The molecule has 0 aliphatic rings. The highest BCUT2D eigenvalue weighted by atomic mass is 35.5. The number of halogens is 3. The van der Waals surface area contributed by atoms with Gasteiger partial charge in [0.05, 0.1) is 18.1 Å². The van der Waals surface area contributed by atoms with Gasteiger partial charge in [-0.3, -0.25) is 4.98 Å². The molecule has 0 saturated heterocycles. The molecule has 0 spiro atoms. The van der Waals surface area contributed by atoms with E-state index in [-0.39, 0.29) is 5.88 Å². The minimum atomic E-state index is -2.55. The third-order valence-corrected chi connectivity index (χ3v) is 2.51. The van der Waals surface area contributed by atoms with Crippen molar-refractivity contribution in [1.29, 1.82) is 0 Å². The summed E-state index contributed by atoms with van der Waals surface area (Å²) in [6, 6.07) is 3.17. The second kappa shape index (κ2) is 5.88. The summed E-state index contributed by atoms with van der Waals surface area (Å²) in [5, 5.41) is 0.294. The number of rotatable bonds is 4. The lowest BCUT2D eigenvalue weighted by atomic mass is 10.2. The van der Waals surface area contributed by atoms with Crippen LogP contribution in [-0.4, -0.2) is 27.5 Å². The van der Waals surface area contributed by atoms with Crippen molar-refractivity contribution in [2.75, 3.05) is 0 Å². The summed E-state index contributed by atoms with van der Waals surface area (Å²) < 4.78 is 29.6. The third-order valence-electron chi connectivity index (χ3n) is 2.31. The predicted molar refractivity (Wildman–Crippen MR) is 66.4 cm³/mol. The second-order valence-electron chi connectivity index (χ2n) is 3.77. The van der Waals surface area contributed by atoms with Gasteiger partial charge in [0.2, 0.25) is 5.88 Å². The summed E-state index contributed by atoms with van der Waals surface area (Å²) in [5.41, 5.74) is 1.28. The van der Waals surface area contributed by atoms with Gasteiger partial charge in [0.15, 0.2) is 6.10 Å². The van der Waals surface area contributed by atoms with Crippen molar-refractivity contribution >= 4 is 11.6 Å². The largest absolute Gasteiger partial charge is 0.469 e. The van der Waals surface area contributed by atoms with Crippen LogP contribution in [0.3, 0.4) is 0 Å². The topological polar surface area (TPSA) is 47.9 Å². The summed E-state index contributed by atoms with van der Waals surface area (Å²) in [6.07, 6.45) is 0.644. The molecule has 2 rings (SSSR count). The zero-order valence-electron chi connectivity index (χ0n) is 9.93. The Morgan fingerprint density at radius 3 is 2.42 bits per heavy atom. The molecule has 2 aromatic rings. The zero-order chi connectivity index (χ0) is 13.8. The normalized spacial score (nSPS) is 12.5. The van der Waals surface area contributed by atoms with Crippen LogP contribution in [0, 0.1) is 0 Å². The highest BCUT2D eigenvalue weighted by molar-refractivity contribution is 6.29. The molecule has 0 radical (unpaired) electrons. The lowest BCUT2D eigenvalue weighted by Crippen LogP contribution is -2.21. The Balaban J connectivity index is 2.12. The van der Waals surface area contributed by atoms with Crippen molar-refractivity contribution in [1.82, 2.24) is 15.0 Å². The first kappa shape index (κ1) is 13.6. The van der Waals surface area contributed by atoms with E-state index in [0.717, 1.165) is 0 Å². The van der Waals surface area contributed by atoms with Crippen LogP contribution in [-0.2, 0) is 0 Å². The van der Waals surface area contributed by atoms with Crippen LogP contribution in [0.4, 0.5) is 8.78 Å². The van der Waals surface area contributed by atoms with E-state index in [1.807, 2.05) is 0 Å². The standard InChI is InChI=1S/C12H10ClF2N3O/c1-7(12(14)15)19-11-3-2-8(4-18-11)9-5-17-10(13)6-16-9/h2-7,12H,1H3. The van der Waals surface area contributed by atoms with Crippen LogP contribution in [0.15, 0.2) is 30.7 Å². The van der Waals surface area contributed by atoms with E-state index in [0.29, 0.717) is 16.4 Å². The summed E-state index contributed by atoms with van der Waals surface area (Å²) in [6.45, 7) is 1.28. The van der Waals surface area contributed by atoms with Crippen LogP contribution in [0.1, 0.15) is 6.92 Å². The van der Waals surface area contributed by atoms with Crippen molar-refractivity contribution in [2.24, 2.45) is 0 Å². The predicted octanol–water partition coefficient (Wildman–Crippen LogP) is 3.22. The molecule has 100 valence electrons. The molecular weight excluding hydrogens is 276 g/mol. The maximum Gasteiger partial charge on any atom is 0.274 e. The van der Waals surface area contributed by atoms with E-state index in [2.05, 4.69) is 15.0 Å². The highest BCUT2D eigenvalue weighted by Crippen LogP contribution is 2.19. The van der Waals surface area contributed by atoms with Crippen LogP contribution in [0.25, 0.3) is 11.3 Å². The van der Waals surface area contributed by atoms with Crippen LogP contribution in [0.5, 0.6) is 5.88 Å². The van der Waals surface area contributed by atoms with E-state index in [1.54, 1.807) is 6.07 Å². The van der Waals surface area contributed by atoms with Crippen molar-refractivity contribution < 1.29 is 13.5 Å². The number of alkyl halides is 2. The summed E-state index contributed by atoms with van der Waals surface area (Å²) in [7, 11) is 0. The summed E-state index contributed by atoms with van der Waals surface area (Å²) in [5.74, 6) is 0.137. The van der Waals surface area contributed by atoms with Gasteiger partial charge in [0.1, 0.15) is 5.15 Å². The Morgan fingerprint density at radius 2 is 1.89 bits per heavy atom. The molecule has 0 amide bonds. The Kier molecular flexibility index (Phi) is 4.21. The molecule has 0 fully saturated rings. The Morgan fingerprint density at radius 1 is 1.11 bits per heavy atom. The van der Waals surface area contributed by atoms with Crippen molar-refractivity contribution in [2.45, 2.75) is 19.5 Å². The number of hydrogen-bond donors (Lipinski definition) is 0. The van der Waals surface area contributed by atoms with Crippen LogP contribution >= 0.6 is 11.6 Å². The van der Waals surface area contributed by atoms with Gasteiger partial charge in [0.25, 0.3) is 6.43 Å². The molecule has 0 N–H and O–H groups in total. The van der Waals surface area contributed by atoms with Gasteiger partial charge in [0, 0.05) is 17.8 Å². The minimum absolute atomic E-state index is 0.137. The average molecular weight is 286 g/mol. The molecule has 0 aliphatic heterocycles. The van der Waals surface area contributed by atoms with Gasteiger partial charge >= 0.3 is 0 Å². The molecule has 0 aliphatic carbocycles. The van der Waals surface area contributed by atoms with Crippen molar-refractivity contribution in [3.05, 3.63) is 35.9 Å². The first-order valence-corrected chi connectivity index (χ1v) is 5.83. The van der Waals surface area contributed by atoms with Gasteiger partial charge in [-0.05, 0) is 13.0 Å². The van der Waals surface area contributed by atoms with Crippen molar-refractivity contribution in [3.63, 3.8) is 0 Å². The first-order chi connectivity index (χ1) is 9.06. The van der Waals surface area contributed by atoms with Gasteiger partial charge in [-0.1, -0.05) is 11.6 Å². The summed E-state index contributed by atoms with van der Waals surface area (Å²) in [4.78, 5) is 11.9. The van der Waals surface area contributed by atoms with E-state index in [4.69, 9.17) is 16.3 Å². The van der Waals surface area contributed by atoms with E-state index in [1.165, 1.54) is 31.6 Å². The quantitative estimate of drug-likeness (QED) is 0.865. The molecule has 1 unspecified atom stereocenters. The molecule has 1 atom stereocenters. The van der Waals surface area contributed by atoms with E-state index >= 15 is 0 Å². The molecule has 2 aromatic heterocycles. The fourth-order valence-electron chi connectivity index (χ4n) is 1.30. The van der Waals surface area contributed by atoms with Gasteiger partial charge in [-0.15, -0.1) is 0 Å². The van der Waals surface area contributed by atoms with Gasteiger partial charge in [-0.25, -0.2) is 18.7 Å². The highest BCUT2D eigenvalue weighted by Gasteiger charge is 2.16. The van der Waals surface area contributed by atoms with E-state index < -0.39 is 12.5 Å². The van der Waals surface area contributed by atoms with E-state index in [9.17, 15) is 8.78 Å². The molecule has 4 nitrogen and oxygen atoms in total. The molecular formula is C12H10ClF2N3O. The maximum absolute atomic E-state index is 12.3. The lowest BCUT2D eigenvalue weighted by molar-refractivity contribution is 0.0201. The van der Waals surface area contributed by atoms with Crippen LogP contribution < -0.4 is 4.74 Å². The van der Waals surface area contributed by atoms with Gasteiger partial charge < -0.3 is 4.74 Å². The number of ether oxygens (including phenoxy) is 1. The van der Waals surface area contributed by atoms with Crippen LogP contribution in [0.2, 0.25) is 5.15 Å². The Bertz CT molecular complexity index is 534. The molecule has 19 heavy (non-hydrogen) atoms. The lowest BCUT2D eigenvalue weighted by Gasteiger charge is -2.12. The summed E-state index contributed by atoms with van der Waals surface area (Å²) >= 11 is 5.63. The number of nitrogens with zero attached hydrogens (tertiary/aromatic N) is 3. The monoisotopic (exact) mass is 285 g/mol. The fraction of sp³-hybridized carbons (Fsp3) is 0.250. The zero-order valence-corrected chi connectivity index (χ0v) is 10.7. The minimum Gasteiger partial charge on any atom is -0.469 e. The molecule has 0 aromatic carbocycles. The van der Waals surface area contributed by atoms with Crippen molar-refractivity contribution in [3.8, 4) is 17.1 Å². The molecule has 2 heterocycles. The second-order valence-corrected chi connectivity index (χ2v) is 4.15. The number of aromatic nitrogens is 3. The number of hydrogen-bond acceptors (Lipinski definition) is 4. The first-order valence-electron chi connectivity index (χ1n) is 5.45. The maximum atomic E-state index is 12.3. The third kappa shape index (κ3) is 3.57. The average Bonchev–Trinajstić information content (AvgIpc) is 2.40. The smallest absolute Gasteiger partial charge is 0.274 e. The Hall–Kier alpha value is -1.82. The number of pyridine rings is 1. The molecule has 7 heteroatoms.